The minimum Gasteiger partial charge on any atom is -0.379 e. The molecule has 0 spiro atoms. The number of hydrogen-bond donors (Lipinski definition) is 0. The van der Waals surface area contributed by atoms with Crippen molar-refractivity contribution < 1.29 is 21.0 Å². The zero-order valence-electron chi connectivity index (χ0n) is 17.7. The maximum absolute atomic E-state index is 13.5. The summed E-state index contributed by atoms with van der Waals surface area (Å²) in [7, 11) is -7.84. The van der Waals surface area contributed by atoms with Crippen LogP contribution in [-0.2, 0) is 26.4 Å². The maximum atomic E-state index is 13.5. The fourth-order valence-corrected chi connectivity index (χ4v) is 6.19. The van der Waals surface area contributed by atoms with Crippen molar-refractivity contribution >= 4 is 25.5 Å². The van der Waals surface area contributed by atoms with E-state index in [0.717, 1.165) is 17.5 Å². The van der Waals surface area contributed by atoms with E-state index in [1.54, 1.807) is 24.3 Å². The summed E-state index contributed by atoms with van der Waals surface area (Å²) in [6.07, 6.45) is 5.10. The largest absolute Gasteiger partial charge is 0.379 e. The van der Waals surface area contributed by atoms with Gasteiger partial charge in [-0.2, -0.15) is 8.42 Å². The Hall–Kier alpha value is -3.10. The van der Waals surface area contributed by atoms with E-state index in [4.69, 9.17) is 4.18 Å². The SMILES string of the molecule is CCCc1cn2ccccc2c1S(=O)(=O)c1ccc(OS(=O)(=O)c2ccc(C)cc2)cc1. The molecule has 6 nitrogen and oxygen atoms in total. The predicted octanol–water partition coefficient (Wildman–Crippen LogP) is 4.80. The predicted molar refractivity (Wildman–Crippen MR) is 122 cm³/mol. The number of hydrogen-bond acceptors (Lipinski definition) is 5. The van der Waals surface area contributed by atoms with Gasteiger partial charge >= 0.3 is 10.1 Å². The van der Waals surface area contributed by atoms with Crippen LogP contribution >= 0.6 is 0 Å². The van der Waals surface area contributed by atoms with Crippen LogP contribution in [0.5, 0.6) is 5.75 Å². The van der Waals surface area contributed by atoms with Crippen LogP contribution in [0, 0.1) is 6.92 Å². The van der Waals surface area contributed by atoms with E-state index in [-0.39, 0.29) is 20.4 Å². The molecule has 0 fully saturated rings. The van der Waals surface area contributed by atoms with Crippen LogP contribution in [0.1, 0.15) is 24.5 Å². The van der Waals surface area contributed by atoms with Gasteiger partial charge in [-0.05, 0) is 67.4 Å². The maximum Gasteiger partial charge on any atom is 0.339 e. The third-order valence-electron chi connectivity index (χ3n) is 5.15. The number of aromatic nitrogens is 1. The number of benzene rings is 2. The molecule has 166 valence electrons. The molecule has 0 aliphatic rings. The minimum atomic E-state index is -4.02. The minimum absolute atomic E-state index is 0.0317. The van der Waals surface area contributed by atoms with Crippen LogP contribution in [0.2, 0.25) is 0 Å². The van der Waals surface area contributed by atoms with Crippen LogP contribution in [0.25, 0.3) is 5.52 Å². The van der Waals surface area contributed by atoms with E-state index < -0.39 is 20.0 Å². The van der Waals surface area contributed by atoms with Gasteiger partial charge in [-0.25, -0.2) is 8.42 Å². The number of sulfone groups is 1. The molecule has 2 aromatic carbocycles. The summed E-state index contributed by atoms with van der Waals surface area (Å²) in [5.41, 5.74) is 2.29. The molecule has 4 rings (SSSR count). The summed E-state index contributed by atoms with van der Waals surface area (Å²) in [5, 5.41) is 0. The first kappa shape index (κ1) is 22.1. The lowest BCUT2D eigenvalue weighted by atomic mass is 10.2. The zero-order valence-corrected chi connectivity index (χ0v) is 19.4. The smallest absolute Gasteiger partial charge is 0.339 e. The molecule has 0 bridgehead atoms. The molecule has 0 radical (unpaired) electrons. The molecule has 0 saturated carbocycles. The molecule has 0 aliphatic heterocycles. The third kappa shape index (κ3) is 4.16. The number of aryl methyl sites for hydroxylation is 2. The Morgan fingerprint density at radius 2 is 1.50 bits per heavy atom. The lowest BCUT2D eigenvalue weighted by Gasteiger charge is -2.10. The summed E-state index contributed by atoms with van der Waals surface area (Å²) < 4.78 is 59.0. The summed E-state index contributed by atoms with van der Waals surface area (Å²) in [6.45, 7) is 3.86. The number of fused-ring (bicyclic) bond motifs is 1. The molecule has 0 saturated heterocycles. The first-order valence-electron chi connectivity index (χ1n) is 10.2. The third-order valence-corrected chi connectivity index (χ3v) is 8.31. The molecule has 4 aromatic rings. The van der Waals surface area contributed by atoms with Crippen molar-refractivity contribution in [3.63, 3.8) is 0 Å². The van der Waals surface area contributed by atoms with Gasteiger partial charge in [0.25, 0.3) is 0 Å². The van der Waals surface area contributed by atoms with Crippen molar-refractivity contribution in [3.05, 3.63) is 90.3 Å². The summed E-state index contributed by atoms with van der Waals surface area (Å²) in [6, 6.07) is 17.2. The van der Waals surface area contributed by atoms with Gasteiger partial charge in [0, 0.05) is 12.4 Å². The Kier molecular flexibility index (Phi) is 5.83. The van der Waals surface area contributed by atoms with E-state index in [0.29, 0.717) is 11.9 Å². The molecule has 8 heteroatoms. The van der Waals surface area contributed by atoms with Gasteiger partial charge < -0.3 is 8.58 Å². The lowest BCUT2D eigenvalue weighted by molar-refractivity contribution is 0.486. The molecular weight excluding hydrogens is 446 g/mol. The van der Waals surface area contributed by atoms with E-state index in [1.807, 2.05) is 36.7 Å². The van der Waals surface area contributed by atoms with E-state index in [2.05, 4.69) is 0 Å². The summed E-state index contributed by atoms with van der Waals surface area (Å²) >= 11 is 0. The first-order valence-corrected chi connectivity index (χ1v) is 13.1. The van der Waals surface area contributed by atoms with E-state index in [9.17, 15) is 16.8 Å². The molecule has 0 amide bonds. The highest BCUT2D eigenvalue weighted by atomic mass is 32.2. The highest BCUT2D eigenvalue weighted by Crippen LogP contribution is 2.32. The number of pyridine rings is 1. The van der Waals surface area contributed by atoms with Gasteiger partial charge in [-0.15, -0.1) is 0 Å². The van der Waals surface area contributed by atoms with Gasteiger partial charge in [0.2, 0.25) is 9.84 Å². The van der Waals surface area contributed by atoms with Crippen molar-refractivity contribution in [2.45, 2.75) is 41.4 Å². The van der Waals surface area contributed by atoms with Gasteiger partial charge in [-0.3, -0.25) is 0 Å². The molecule has 0 aliphatic carbocycles. The highest BCUT2D eigenvalue weighted by Gasteiger charge is 2.26. The van der Waals surface area contributed by atoms with Crippen LogP contribution in [0.3, 0.4) is 0 Å². The first-order chi connectivity index (χ1) is 15.2. The van der Waals surface area contributed by atoms with Gasteiger partial charge in [0.15, 0.2) is 0 Å². The van der Waals surface area contributed by atoms with E-state index in [1.165, 1.54) is 36.4 Å². The number of nitrogens with zero attached hydrogens (tertiary/aromatic N) is 1. The fraction of sp³-hybridized carbons (Fsp3) is 0.167. The average Bonchev–Trinajstić information content (AvgIpc) is 3.13. The van der Waals surface area contributed by atoms with Crippen LogP contribution in [0.15, 0.2) is 93.8 Å². The lowest BCUT2D eigenvalue weighted by Crippen LogP contribution is -2.10. The molecule has 0 atom stereocenters. The molecule has 0 unspecified atom stereocenters. The Bertz CT molecular complexity index is 1470. The van der Waals surface area contributed by atoms with Gasteiger partial charge in [0.1, 0.15) is 15.5 Å². The highest BCUT2D eigenvalue weighted by molar-refractivity contribution is 7.91. The van der Waals surface area contributed by atoms with Crippen molar-refractivity contribution in [1.82, 2.24) is 4.40 Å². The average molecular weight is 470 g/mol. The second kappa shape index (κ2) is 8.44. The van der Waals surface area contributed by atoms with E-state index >= 15 is 0 Å². The Morgan fingerprint density at radius 1 is 0.844 bits per heavy atom. The zero-order chi connectivity index (χ0) is 22.9. The van der Waals surface area contributed by atoms with Crippen LogP contribution in [0.4, 0.5) is 0 Å². The van der Waals surface area contributed by atoms with Crippen LogP contribution in [-0.4, -0.2) is 21.2 Å². The molecular formula is C24H23NO5S2. The summed E-state index contributed by atoms with van der Waals surface area (Å²) in [4.78, 5) is 0.386. The van der Waals surface area contributed by atoms with Crippen molar-refractivity contribution in [2.75, 3.05) is 0 Å². The fourth-order valence-electron chi connectivity index (χ4n) is 3.58. The molecule has 32 heavy (non-hydrogen) atoms. The van der Waals surface area contributed by atoms with Crippen molar-refractivity contribution in [3.8, 4) is 5.75 Å². The Balaban J connectivity index is 1.68. The van der Waals surface area contributed by atoms with Gasteiger partial charge in [0.05, 0.1) is 10.4 Å². The monoisotopic (exact) mass is 469 g/mol. The van der Waals surface area contributed by atoms with Crippen molar-refractivity contribution in [2.24, 2.45) is 0 Å². The Morgan fingerprint density at radius 3 is 2.16 bits per heavy atom. The second-order valence-corrected chi connectivity index (χ2v) is 11.0. The van der Waals surface area contributed by atoms with Gasteiger partial charge in [-0.1, -0.05) is 37.1 Å². The Labute approximate surface area is 188 Å². The molecule has 2 heterocycles. The quantitative estimate of drug-likeness (QED) is 0.363. The topological polar surface area (TPSA) is 81.9 Å². The molecule has 2 aromatic heterocycles. The van der Waals surface area contributed by atoms with Crippen molar-refractivity contribution in [1.29, 1.82) is 0 Å². The number of rotatable bonds is 7. The summed E-state index contributed by atoms with van der Waals surface area (Å²) in [5.74, 6) is 0.0417. The normalized spacial score (nSPS) is 12.2. The standard InChI is InChI=1S/C24H23NO5S2/c1-3-6-19-17-25-16-5-4-7-23(25)24(19)31(26,27)21-14-10-20(11-15-21)30-32(28,29)22-12-8-18(2)9-13-22/h4-5,7-17H,3,6H2,1-2H3. The van der Waals surface area contributed by atoms with Crippen LogP contribution < -0.4 is 4.18 Å². The molecule has 0 N–H and O–H groups in total. The second-order valence-electron chi connectivity index (χ2n) is 7.55.